The third-order valence-electron chi connectivity index (χ3n) is 6.51. The Morgan fingerprint density at radius 3 is 2.60 bits per heavy atom. The van der Waals surface area contributed by atoms with Gasteiger partial charge in [-0.3, -0.25) is 9.59 Å². The lowest BCUT2D eigenvalue weighted by atomic mass is 9.95. The quantitative estimate of drug-likeness (QED) is 0.478. The van der Waals surface area contributed by atoms with E-state index in [1.807, 2.05) is 50.2 Å². The van der Waals surface area contributed by atoms with Crippen LogP contribution in [0.5, 0.6) is 0 Å². The number of amides is 2. The van der Waals surface area contributed by atoms with Gasteiger partial charge in [0.15, 0.2) is 5.76 Å². The van der Waals surface area contributed by atoms with Gasteiger partial charge < -0.3 is 14.6 Å². The van der Waals surface area contributed by atoms with E-state index < -0.39 is 6.04 Å². The summed E-state index contributed by atoms with van der Waals surface area (Å²) in [4.78, 5) is 29.7. The Balaban J connectivity index is 1.48. The van der Waals surface area contributed by atoms with Crippen LogP contribution < -0.4 is 5.32 Å². The largest absolute Gasteiger partial charge is 0.458 e. The second kappa shape index (κ2) is 11.8. The van der Waals surface area contributed by atoms with Crippen molar-refractivity contribution in [3.05, 3.63) is 53.8 Å². The molecule has 1 aromatic carbocycles. The third kappa shape index (κ3) is 6.55. The van der Waals surface area contributed by atoms with Crippen molar-refractivity contribution in [2.24, 2.45) is 0 Å². The minimum atomic E-state index is -0.552. The van der Waals surface area contributed by atoms with Crippen LogP contribution in [0.2, 0.25) is 0 Å². The highest BCUT2D eigenvalue weighted by Gasteiger charge is 2.30. The number of tetrazole rings is 1. The van der Waals surface area contributed by atoms with Gasteiger partial charge in [-0.25, -0.2) is 0 Å². The maximum Gasteiger partial charge on any atom is 0.246 e. The second-order valence-electron chi connectivity index (χ2n) is 9.14. The third-order valence-corrected chi connectivity index (χ3v) is 6.51. The summed E-state index contributed by atoms with van der Waals surface area (Å²) in [5.74, 6) is 1.27. The van der Waals surface area contributed by atoms with Gasteiger partial charge in [-0.2, -0.15) is 4.80 Å². The molecule has 1 atom stereocenters. The number of hydrogen-bond acceptors (Lipinski definition) is 6. The van der Waals surface area contributed by atoms with Crippen LogP contribution in [0.15, 0.2) is 46.9 Å². The van der Waals surface area contributed by atoms with Crippen LogP contribution in [0.1, 0.15) is 56.8 Å². The molecule has 4 rings (SSSR count). The summed E-state index contributed by atoms with van der Waals surface area (Å²) < 4.78 is 5.56. The minimum Gasteiger partial charge on any atom is -0.458 e. The molecule has 1 fully saturated rings. The number of nitrogens with zero attached hydrogens (tertiary/aromatic N) is 5. The van der Waals surface area contributed by atoms with Gasteiger partial charge in [0.05, 0.1) is 0 Å². The smallest absolute Gasteiger partial charge is 0.246 e. The van der Waals surface area contributed by atoms with Crippen LogP contribution in [0.25, 0.3) is 11.6 Å². The van der Waals surface area contributed by atoms with Crippen molar-refractivity contribution in [3.63, 3.8) is 0 Å². The van der Waals surface area contributed by atoms with Gasteiger partial charge in [-0.05, 0) is 55.5 Å². The van der Waals surface area contributed by atoms with E-state index in [-0.39, 0.29) is 24.4 Å². The van der Waals surface area contributed by atoms with Crippen LogP contribution >= 0.6 is 0 Å². The van der Waals surface area contributed by atoms with E-state index in [2.05, 4.69) is 20.7 Å². The Kier molecular flexibility index (Phi) is 8.28. The summed E-state index contributed by atoms with van der Waals surface area (Å²) in [6, 6.07) is 13.2. The molecule has 2 heterocycles. The zero-order valence-electron chi connectivity index (χ0n) is 20.5. The molecule has 0 spiro atoms. The predicted molar refractivity (Wildman–Crippen MR) is 131 cm³/mol. The molecule has 0 aliphatic heterocycles. The average molecular weight is 479 g/mol. The first-order valence-electron chi connectivity index (χ1n) is 12.5. The fraction of sp³-hybridized carbons (Fsp3) is 0.500. The lowest BCUT2D eigenvalue weighted by Gasteiger charge is -2.32. The summed E-state index contributed by atoms with van der Waals surface area (Å²) in [5, 5.41) is 15.6. The van der Waals surface area contributed by atoms with Crippen molar-refractivity contribution in [3.8, 4) is 11.6 Å². The molecule has 0 bridgehead atoms. The van der Waals surface area contributed by atoms with Gasteiger partial charge in [-0.1, -0.05) is 56.5 Å². The van der Waals surface area contributed by atoms with Crippen molar-refractivity contribution >= 4 is 11.8 Å². The Labute approximate surface area is 205 Å². The van der Waals surface area contributed by atoms with E-state index in [1.165, 1.54) is 11.2 Å². The number of carbonyl (C=O) groups is 2. The second-order valence-corrected chi connectivity index (χ2v) is 9.14. The molecule has 2 amide bonds. The topological polar surface area (TPSA) is 106 Å². The molecule has 3 aromatic rings. The molecule has 9 heteroatoms. The number of aromatic nitrogens is 4. The van der Waals surface area contributed by atoms with Gasteiger partial charge >= 0.3 is 0 Å². The highest BCUT2D eigenvalue weighted by Crippen LogP contribution is 2.19. The van der Waals surface area contributed by atoms with Crippen molar-refractivity contribution in [1.29, 1.82) is 0 Å². The highest BCUT2D eigenvalue weighted by molar-refractivity contribution is 5.87. The number of rotatable bonds is 10. The number of aryl methyl sites for hydroxylation is 1. The van der Waals surface area contributed by atoms with Gasteiger partial charge in [0.1, 0.15) is 18.3 Å². The first-order chi connectivity index (χ1) is 17.0. The molecule has 0 radical (unpaired) electrons. The molecule has 9 nitrogen and oxygen atoms in total. The van der Waals surface area contributed by atoms with Gasteiger partial charge in [0, 0.05) is 12.6 Å². The monoisotopic (exact) mass is 478 g/mol. The molecule has 1 aliphatic rings. The van der Waals surface area contributed by atoms with Crippen molar-refractivity contribution in [2.45, 2.75) is 77.4 Å². The first kappa shape index (κ1) is 24.6. The van der Waals surface area contributed by atoms with Crippen LogP contribution in [0.4, 0.5) is 0 Å². The van der Waals surface area contributed by atoms with Crippen LogP contribution in [-0.4, -0.2) is 55.5 Å². The van der Waals surface area contributed by atoms with Gasteiger partial charge in [0.2, 0.25) is 17.6 Å². The predicted octanol–water partition coefficient (Wildman–Crippen LogP) is 3.54. The summed E-state index contributed by atoms with van der Waals surface area (Å²) >= 11 is 0. The maximum absolute atomic E-state index is 13.5. The number of nitrogens with one attached hydrogen (secondary N) is 1. The van der Waals surface area contributed by atoms with E-state index in [4.69, 9.17) is 4.42 Å². The fourth-order valence-corrected chi connectivity index (χ4v) is 4.62. The molecule has 1 N–H and O–H groups in total. The van der Waals surface area contributed by atoms with Gasteiger partial charge in [0.25, 0.3) is 0 Å². The van der Waals surface area contributed by atoms with Gasteiger partial charge in [-0.15, -0.1) is 10.2 Å². The first-order valence-corrected chi connectivity index (χ1v) is 12.5. The molecule has 2 aromatic heterocycles. The van der Waals surface area contributed by atoms with E-state index in [0.29, 0.717) is 31.0 Å². The summed E-state index contributed by atoms with van der Waals surface area (Å²) in [6.45, 7) is 4.11. The zero-order chi connectivity index (χ0) is 24.6. The molecule has 1 unspecified atom stereocenters. The summed E-state index contributed by atoms with van der Waals surface area (Å²) in [7, 11) is 0. The van der Waals surface area contributed by atoms with Crippen molar-refractivity contribution in [2.75, 3.05) is 6.54 Å². The van der Waals surface area contributed by atoms with Crippen LogP contribution in [0, 0.1) is 6.92 Å². The lowest BCUT2D eigenvalue weighted by Crippen LogP contribution is -2.53. The number of furan rings is 1. The Morgan fingerprint density at radius 2 is 1.91 bits per heavy atom. The van der Waals surface area contributed by atoms with E-state index in [1.54, 1.807) is 11.0 Å². The molecule has 1 aliphatic carbocycles. The maximum atomic E-state index is 13.5. The Hall–Kier alpha value is -3.49. The van der Waals surface area contributed by atoms with E-state index >= 15 is 0 Å². The van der Waals surface area contributed by atoms with Crippen LogP contribution in [-0.2, 0) is 22.6 Å². The summed E-state index contributed by atoms with van der Waals surface area (Å²) in [6.07, 6.45) is 6.66. The number of hydrogen-bond donors (Lipinski definition) is 1. The van der Waals surface area contributed by atoms with E-state index in [9.17, 15) is 9.59 Å². The summed E-state index contributed by atoms with van der Waals surface area (Å²) in [5.41, 5.74) is 1.11. The Morgan fingerprint density at radius 1 is 1.14 bits per heavy atom. The Bertz CT molecular complexity index is 1100. The fourth-order valence-electron chi connectivity index (χ4n) is 4.62. The number of carbonyl (C=O) groups excluding carboxylic acids is 2. The average Bonchev–Trinajstić information content (AvgIpc) is 3.51. The van der Waals surface area contributed by atoms with Crippen LogP contribution in [0.3, 0.4) is 0 Å². The number of benzene rings is 1. The molecule has 35 heavy (non-hydrogen) atoms. The molecule has 0 saturated heterocycles. The standard InChI is InChI=1S/C26H34N6O3/c1-3-22(26(34)27-21-12-8-5-9-13-21)31(17-16-20-10-6-4-7-11-20)24(33)18-32-29-25(28-30-32)23-15-14-19(2)35-23/h4,6-7,10-11,14-15,21-22H,3,5,8-9,12-13,16-18H2,1-2H3,(H,27,34). The highest BCUT2D eigenvalue weighted by atomic mass is 16.3. The minimum absolute atomic E-state index is 0.0842. The molecule has 186 valence electrons. The zero-order valence-corrected chi connectivity index (χ0v) is 20.5. The normalized spacial score (nSPS) is 15.0. The SMILES string of the molecule is CCC(C(=O)NC1CCCCC1)N(CCc1ccccc1)C(=O)Cn1nnc(-c2ccc(C)o2)n1. The molecule has 1 saturated carbocycles. The lowest BCUT2D eigenvalue weighted by molar-refractivity contribution is -0.141. The molecular formula is C26H34N6O3. The van der Waals surface area contributed by atoms with Crippen molar-refractivity contribution in [1.82, 2.24) is 30.4 Å². The van der Waals surface area contributed by atoms with Crippen molar-refractivity contribution < 1.29 is 14.0 Å². The molecular weight excluding hydrogens is 444 g/mol. The van der Waals surface area contributed by atoms with E-state index in [0.717, 1.165) is 37.0 Å².